The molecule has 0 unspecified atom stereocenters. The van der Waals surface area contributed by atoms with E-state index in [4.69, 9.17) is 9.90 Å². The molecule has 15 heavy (non-hydrogen) atoms. The average molecular weight is 267 g/mol. The summed E-state index contributed by atoms with van der Waals surface area (Å²) < 4.78 is 31.5. The van der Waals surface area contributed by atoms with Gasteiger partial charge in [0.15, 0.2) is 0 Å². The predicted octanol–water partition coefficient (Wildman–Crippen LogP) is 1.79. The van der Waals surface area contributed by atoms with Crippen LogP contribution in [0.2, 0.25) is 5.39 Å². The van der Waals surface area contributed by atoms with Crippen LogP contribution in [-0.2, 0) is 20.3 Å². The van der Waals surface area contributed by atoms with Crippen LogP contribution in [0.25, 0.3) is 0 Å². The second kappa shape index (κ2) is 13.0. The van der Waals surface area contributed by atoms with Crippen LogP contribution in [0.4, 0.5) is 13.2 Å². The summed E-state index contributed by atoms with van der Waals surface area (Å²) in [6.45, 7) is 10.1. The van der Waals surface area contributed by atoms with Crippen LogP contribution in [0, 0.1) is 0 Å². The minimum Gasteiger partial charge on any atom is -0.542 e. The zero-order valence-corrected chi connectivity index (χ0v) is 8.81. The summed E-state index contributed by atoms with van der Waals surface area (Å²) in [6, 6.07) is 0. The number of carbonyl (C=O) groups excluding carboxylic acids is 1. The van der Waals surface area contributed by atoms with E-state index in [0.29, 0.717) is 5.39 Å². The van der Waals surface area contributed by atoms with E-state index in [0.717, 1.165) is 0 Å². The molecular weight excluding hydrogens is 256 g/mol. The molecule has 0 heterocycles. The summed E-state index contributed by atoms with van der Waals surface area (Å²) in [4.78, 5) is 8.78. The first-order chi connectivity index (χ1) is 6.77. The smallest absolute Gasteiger partial charge is 0.430 e. The summed E-state index contributed by atoms with van der Waals surface area (Å²) >= 11 is 4.20. The molecule has 0 radical (unpaired) electrons. The van der Waals surface area contributed by atoms with Gasteiger partial charge < -0.3 is 9.90 Å². The van der Waals surface area contributed by atoms with E-state index >= 15 is 0 Å². The van der Waals surface area contributed by atoms with Crippen molar-refractivity contribution < 1.29 is 38.5 Å². The van der Waals surface area contributed by atoms with Crippen LogP contribution in [0.3, 0.4) is 0 Å². The number of hydrogen-bond donors (Lipinski definition) is 0. The minimum absolute atomic E-state index is 0.708. The molecule has 0 aromatic rings. The van der Waals surface area contributed by atoms with Crippen molar-refractivity contribution in [3.63, 3.8) is 0 Å². The van der Waals surface area contributed by atoms with Gasteiger partial charge >= 0.3 is 39.7 Å². The Morgan fingerprint density at radius 1 is 1.27 bits per heavy atom. The molecule has 6 heteroatoms. The molecule has 2 nitrogen and oxygen atoms in total. The molecule has 0 atom stereocenters. The third-order valence-electron chi connectivity index (χ3n) is 0.489. The Bertz CT molecular complexity index is 194. The van der Waals surface area contributed by atoms with Gasteiger partial charge in [-0.15, -0.1) is 0 Å². The van der Waals surface area contributed by atoms with Gasteiger partial charge in [0.25, 0.3) is 0 Å². The van der Waals surface area contributed by atoms with Crippen molar-refractivity contribution in [3.8, 4) is 0 Å². The van der Waals surface area contributed by atoms with E-state index < -0.39 is 12.1 Å². The molecule has 0 aromatic carbocycles. The van der Waals surface area contributed by atoms with Crippen molar-refractivity contribution in [2.24, 2.45) is 0 Å². The number of halogens is 3. The fourth-order valence-electron chi connectivity index (χ4n) is 0. The van der Waals surface area contributed by atoms with Gasteiger partial charge in [-0.1, -0.05) is 25.3 Å². The number of alkyl halides is 3. The van der Waals surface area contributed by atoms with E-state index in [9.17, 15) is 13.2 Å². The number of allylic oxidation sites excluding steroid dienone is 3. The molecule has 0 aliphatic heterocycles. The summed E-state index contributed by atoms with van der Waals surface area (Å²) in [5.74, 6) is -3.01. The van der Waals surface area contributed by atoms with Crippen LogP contribution in [0.5, 0.6) is 0 Å². The molecule has 0 aliphatic carbocycles. The fraction of sp³-hybridized carbons (Fsp3) is 0.222. The van der Waals surface area contributed by atoms with Gasteiger partial charge in [-0.2, -0.15) is 13.2 Å². The van der Waals surface area contributed by atoms with Crippen LogP contribution in [-0.4, -0.2) is 12.1 Å². The van der Waals surface area contributed by atoms with Crippen LogP contribution >= 0.6 is 0 Å². The number of carboxylic acid groups (broad SMARTS) is 1. The van der Waals surface area contributed by atoms with Gasteiger partial charge in [-0.25, -0.2) is 0 Å². The van der Waals surface area contributed by atoms with Gasteiger partial charge in [-0.05, 0) is 0 Å². The summed E-state index contributed by atoms with van der Waals surface area (Å²) in [5, 5.41) is 9.49. The quantitative estimate of drug-likeness (QED) is 0.434. The Hall–Kier alpha value is -1.03. The molecule has 90 valence electrons. The summed E-state index contributed by atoms with van der Waals surface area (Å²) in [6.07, 6.45) is -0.208. The first-order valence-electron chi connectivity index (χ1n) is 3.42. The van der Waals surface area contributed by atoms with Crippen LogP contribution in [0.1, 0.15) is 0 Å². The Labute approximate surface area is 94.5 Å². The predicted molar refractivity (Wildman–Crippen MR) is 46.5 cm³/mol. The van der Waals surface area contributed by atoms with Gasteiger partial charge in [0, 0.05) is 0 Å². The van der Waals surface area contributed by atoms with Crippen molar-refractivity contribution in [2.45, 2.75) is 11.6 Å². The van der Waals surface area contributed by atoms with E-state index in [1.807, 2.05) is 0 Å². The molecule has 0 N–H and O–H groups in total. The van der Waals surface area contributed by atoms with Crippen molar-refractivity contribution in [3.05, 3.63) is 38.0 Å². The van der Waals surface area contributed by atoms with E-state index in [1.54, 1.807) is 18.2 Å². The molecule has 0 amide bonds. The molecule has 0 saturated heterocycles. The van der Waals surface area contributed by atoms with Crippen LogP contribution in [0.15, 0.2) is 38.0 Å². The van der Waals surface area contributed by atoms with Gasteiger partial charge in [0.2, 0.25) is 0 Å². The van der Waals surface area contributed by atoms with Gasteiger partial charge in [-0.3, -0.25) is 0 Å². The van der Waals surface area contributed by atoms with Crippen LogP contribution < -0.4 is 5.11 Å². The topological polar surface area (TPSA) is 40.1 Å². The maximum absolute atomic E-state index is 10.5. The first-order valence-corrected chi connectivity index (χ1v) is 4.11. The number of carboxylic acids is 1. The van der Waals surface area contributed by atoms with Gasteiger partial charge in [0.1, 0.15) is 5.97 Å². The number of rotatable bonds is 2. The normalized spacial score (nSPS) is 8.33. The Morgan fingerprint density at radius 3 is 1.47 bits per heavy atom. The molecule has 0 saturated carbocycles. The Morgan fingerprint density at radius 2 is 1.47 bits per heavy atom. The molecule has 0 rings (SSSR count). The van der Waals surface area contributed by atoms with Crippen molar-refractivity contribution in [1.82, 2.24) is 0 Å². The van der Waals surface area contributed by atoms with Crippen molar-refractivity contribution >= 4 is 5.97 Å². The molecule has 0 aliphatic rings. The third kappa shape index (κ3) is 32.1. The van der Waals surface area contributed by atoms with Gasteiger partial charge in [0.05, 0.1) is 0 Å². The standard InChI is InChI=1S/C4H6.C3H5.C2HF3O2.Ni/c1-3-4-2;1-3-2;3-2(4,5)1(6)7;/h3-4H,1-2H2;3H,1-2H2;(H,6,7);/q;;;+1/p-1. The molecule has 0 bridgehead atoms. The van der Waals surface area contributed by atoms with E-state index in [2.05, 4.69) is 35.2 Å². The molecule has 0 fully saturated rings. The molecular formula is C9H11F3NiO2. The molecule has 0 aromatic heterocycles. The maximum Gasteiger partial charge on any atom is 0.430 e. The number of aliphatic carboxylic acids is 1. The largest absolute Gasteiger partial charge is 0.542 e. The fourth-order valence-corrected chi connectivity index (χ4v) is 0. The minimum atomic E-state index is -5.19. The van der Waals surface area contributed by atoms with E-state index in [1.165, 1.54) is 0 Å². The maximum atomic E-state index is 10.5. The van der Waals surface area contributed by atoms with E-state index in [-0.39, 0.29) is 0 Å². The first kappa shape index (κ1) is 19.5. The van der Waals surface area contributed by atoms with Crippen molar-refractivity contribution in [2.75, 3.05) is 0 Å². The number of hydrogen-bond acceptors (Lipinski definition) is 2. The average Bonchev–Trinajstić information content (AvgIpc) is 2.17. The Kier molecular flexibility index (Phi) is 16.9. The second-order valence-corrected chi connectivity index (χ2v) is 2.08. The third-order valence-corrected chi connectivity index (χ3v) is 0.775. The summed E-state index contributed by atoms with van der Waals surface area (Å²) in [7, 11) is 0. The monoisotopic (exact) mass is 266 g/mol. The molecule has 0 spiro atoms. The van der Waals surface area contributed by atoms with Crippen molar-refractivity contribution in [1.29, 1.82) is 0 Å². The summed E-state index contributed by atoms with van der Waals surface area (Å²) in [5.41, 5.74) is 0. The SMILES string of the molecule is C=CC=C.C=C[CH2][Ni+].O=C([O-])C(F)(F)F. The Balaban J connectivity index is -0.000000155. The second-order valence-electron chi connectivity index (χ2n) is 1.67. The zero-order chi connectivity index (χ0) is 12.9. The number of carbonyl (C=O) groups is 1. The zero-order valence-electron chi connectivity index (χ0n) is 7.83.